The Morgan fingerprint density at radius 2 is 2.30 bits per heavy atom. The van der Waals surface area contributed by atoms with Gasteiger partial charge in [-0.3, -0.25) is 9.88 Å². The van der Waals surface area contributed by atoms with Crippen molar-refractivity contribution in [2.24, 2.45) is 5.92 Å². The Morgan fingerprint density at radius 3 is 3.13 bits per heavy atom. The van der Waals surface area contributed by atoms with Crippen LogP contribution in [-0.2, 0) is 11.3 Å². The molecule has 1 saturated carbocycles. The highest BCUT2D eigenvalue weighted by molar-refractivity contribution is 5.39. The van der Waals surface area contributed by atoms with Crippen molar-refractivity contribution < 1.29 is 4.74 Å². The number of fused-ring (bicyclic) bond motifs is 1. The van der Waals surface area contributed by atoms with E-state index in [4.69, 9.17) is 4.74 Å². The van der Waals surface area contributed by atoms with E-state index in [1.54, 1.807) is 6.20 Å². The number of morpholine rings is 1. The maximum atomic E-state index is 6.14. The van der Waals surface area contributed by atoms with Gasteiger partial charge in [0.1, 0.15) is 0 Å². The van der Waals surface area contributed by atoms with Gasteiger partial charge in [0.05, 0.1) is 18.4 Å². The number of rotatable bonds is 5. The molecule has 1 aliphatic heterocycles. The van der Waals surface area contributed by atoms with Crippen LogP contribution < -0.4 is 5.32 Å². The Hall–Kier alpha value is -1.85. The molecule has 2 N–H and O–H groups in total. The molecule has 23 heavy (non-hydrogen) atoms. The molecule has 0 spiro atoms. The molecular formula is C18H24N4O. The first-order valence-corrected chi connectivity index (χ1v) is 8.52. The first kappa shape index (κ1) is 14.7. The lowest BCUT2D eigenvalue weighted by atomic mass is 10.0. The summed E-state index contributed by atoms with van der Waals surface area (Å²) < 4.78 is 6.14. The zero-order valence-corrected chi connectivity index (χ0v) is 13.3. The molecule has 2 aromatic heterocycles. The van der Waals surface area contributed by atoms with Crippen LogP contribution >= 0.6 is 0 Å². The van der Waals surface area contributed by atoms with E-state index in [0.717, 1.165) is 31.9 Å². The maximum absolute atomic E-state index is 6.14. The standard InChI is InChI=1S/C18H24N4O/c1-3-15(12-19-7-1)21-11-14-5-6-17-18(14)23-10-9-22(17)13-16-4-2-8-20-16/h1-4,7-8,12,14,17-18,20-21H,5-6,9-11,13H2. The van der Waals surface area contributed by atoms with Gasteiger partial charge in [0.2, 0.25) is 0 Å². The molecule has 122 valence electrons. The van der Waals surface area contributed by atoms with Gasteiger partial charge in [-0.1, -0.05) is 0 Å². The first-order valence-electron chi connectivity index (χ1n) is 8.52. The molecule has 2 aromatic rings. The Bertz CT molecular complexity index is 601. The molecule has 2 fully saturated rings. The predicted octanol–water partition coefficient (Wildman–Crippen LogP) is 2.50. The Morgan fingerprint density at radius 1 is 1.30 bits per heavy atom. The van der Waals surface area contributed by atoms with Gasteiger partial charge in [-0.2, -0.15) is 0 Å². The molecule has 2 aliphatic rings. The fraction of sp³-hybridized carbons (Fsp3) is 0.500. The van der Waals surface area contributed by atoms with E-state index in [-0.39, 0.29) is 0 Å². The summed E-state index contributed by atoms with van der Waals surface area (Å²) in [6.07, 6.45) is 8.49. The van der Waals surface area contributed by atoms with Gasteiger partial charge in [-0.05, 0) is 37.1 Å². The summed E-state index contributed by atoms with van der Waals surface area (Å²) in [6, 6.07) is 8.82. The molecule has 1 aliphatic carbocycles. The average molecular weight is 312 g/mol. The minimum atomic E-state index is 0.350. The zero-order chi connectivity index (χ0) is 15.5. The van der Waals surface area contributed by atoms with Crippen molar-refractivity contribution >= 4 is 5.69 Å². The minimum Gasteiger partial charge on any atom is -0.383 e. The number of ether oxygens (including phenoxy) is 1. The monoisotopic (exact) mass is 312 g/mol. The number of anilines is 1. The van der Waals surface area contributed by atoms with Gasteiger partial charge in [0.25, 0.3) is 0 Å². The van der Waals surface area contributed by atoms with Crippen molar-refractivity contribution in [1.82, 2.24) is 14.9 Å². The summed E-state index contributed by atoms with van der Waals surface area (Å²) in [5.74, 6) is 0.576. The number of nitrogens with zero attached hydrogens (tertiary/aromatic N) is 2. The first-order chi connectivity index (χ1) is 11.4. The molecule has 3 unspecified atom stereocenters. The third-order valence-corrected chi connectivity index (χ3v) is 5.10. The van der Waals surface area contributed by atoms with Crippen LogP contribution in [0.15, 0.2) is 42.9 Å². The molecule has 0 amide bonds. The summed E-state index contributed by atoms with van der Waals surface area (Å²) in [7, 11) is 0. The predicted molar refractivity (Wildman–Crippen MR) is 90.2 cm³/mol. The quantitative estimate of drug-likeness (QED) is 0.891. The van der Waals surface area contributed by atoms with Crippen LogP contribution in [0.25, 0.3) is 0 Å². The molecule has 3 atom stereocenters. The van der Waals surface area contributed by atoms with Gasteiger partial charge in [0.15, 0.2) is 0 Å². The van der Waals surface area contributed by atoms with Crippen molar-refractivity contribution in [2.45, 2.75) is 31.5 Å². The normalized spacial score (nSPS) is 27.7. The fourth-order valence-electron chi connectivity index (χ4n) is 3.95. The molecule has 0 bridgehead atoms. The van der Waals surface area contributed by atoms with Crippen molar-refractivity contribution in [3.8, 4) is 0 Å². The fourth-order valence-corrected chi connectivity index (χ4v) is 3.95. The second-order valence-electron chi connectivity index (χ2n) is 6.53. The van der Waals surface area contributed by atoms with Crippen LogP contribution in [0.3, 0.4) is 0 Å². The number of H-pyrrole nitrogens is 1. The van der Waals surface area contributed by atoms with Crippen LogP contribution in [0.5, 0.6) is 0 Å². The summed E-state index contributed by atoms with van der Waals surface area (Å²) >= 11 is 0. The van der Waals surface area contributed by atoms with E-state index in [0.29, 0.717) is 18.1 Å². The van der Waals surface area contributed by atoms with E-state index in [2.05, 4.69) is 38.4 Å². The van der Waals surface area contributed by atoms with Gasteiger partial charge in [-0.15, -0.1) is 0 Å². The molecule has 5 nitrogen and oxygen atoms in total. The number of hydrogen-bond acceptors (Lipinski definition) is 4. The third kappa shape index (κ3) is 3.26. The van der Waals surface area contributed by atoms with Gasteiger partial charge in [0, 0.05) is 55.9 Å². The van der Waals surface area contributed by atoms with Crippen LogP contribution in [-0.4, -0.2) is 46.7 Å². The van der Waals surface area contributed by atoms with Crippen molar-refractivity contribution in [2.75, 3.05) is 25.0 Å². The van der Waals surface area contributed by atoms with E-state index in [9.17, 15) is 0 Å². The van der Waals surface area contributed by atoms with Crippen LogP contribution in [0.1, 0.15) is 18.5 Å². The third-order valence-electron chi connectivity index (χ3n) is 5.10. The van der Waals surface area contributed by atoms with E-state index >= 15 is 0 Å². The number of hydrogen-bond donors (Lipinski definition) is 2. The lowest BCUT2D eigenvalue weighted by Crippen LogP contribution is -2.50. The van der Waals surface area contributed by atoms with Gasteiger partial charge in [-0.25, -0.2) is 0 Å². The Labute approximate surface area is 137 Å². The minimum absolute atomic E-state index is 0.350. The highest BCUT2D eigenvalue weighted by Gasteiger charge is 2.42. The van der Waals surface area contributed by atoms with Gasteiger partial charge < -0.3 is 15.0 Å². The highest BCUT2D eigenvalue weighted by Crippen LogP contribution is 2.35. The van der Waals surface area contributed by atoms with Crippen molar-refractivity contribution in [3.63, 3.8) is 0 Å². The number of nitrogens with one attached hydrogen (secondary N) is 2. The number of pyridine rings is 1. The molecule has 1 saturated heterocycles. The Balaban J connectivity index is 1.37. The van der Waals surface area contributed by atoms with Crippen molar-refractivity contribution in [1.29, 1.82) is 0 Å². The molecule has 5 heteroatoms. The lowest BCUT2D eigenvalue weighted by Gasteiger charge is -2.39. The lowest BCUT2D eigenvalue weighted by molar-refractivity contribution is -0.0747. The van der Waals surface area contributed by atoms with Crippen molar-refractivity contribution in [3.05, 3.63) is 48.5 Å². The maximum Gasteiger partial charge on any atom is 0.0775 e. The SMILES string of the molecule is c1cncc(NCC2CCC3C2OCCN3Cc2ccc[nH]2)c1. The summed E-state index contributed by atoms with van der Waals surface area (Å²) in [5.41, 5.74) is 2.39. The molecular weight excluding hydrogens is 288 g/mol. The van der Waals surface area contributed by atoms with E-state index < -0.39 is 0 Å². The zero-order valence-electron chi connectivity index (χ0n) is 13.3. The highest BCUT2D eigenvalue weighted by atomic mass is 16.5. The van der Waals surface area contributed by atoms with Crippen LogP contribution in [0.4, 0.5) is 5.69 Å². The smallest absolute Gasteiger partial charge is 0.0775 e. The summed E-state index contributed by atoms with van der Waals surface area (Å²) in [4.78, 5) is 10.1. The summed E-state index contributed by atoms with van der Waals surface area (Å²) in [5, 5.41) is 3.51. The molecule has 0 aromatic carbocycles. The van der Waals surface area contributed by atoms with Crippen LogP contribution in [0.2, 0.25) is 0 Å². The van der Waals surface area contributed by atoms with E-state index in [1.165, 1.54) is 18.5 Å². The van der Waals surface area contributed by atoms with Crippen LogP contribution in [0, 0.1) is 5.92 Å². The second-order valence-corrected chi connectivity index (χ2v) is 6.53. The molecule has 3 heterocycles. The Kier molecular flexibility index (Phi) is 4.30. The second kappa shape index (κ2) is 6.72. The summed E-state index contributed by atoms with van der Waals surface area (Å²) in [6.45, 7) is 3.83. The largest absolute Gasteiger partial charge is 0.383 e. The number of aromatic nitrogens is 2. The molecule has 0 radical (unpaired) electrons. The topological polar surface area (TPSA) is 53.2 Å². The van der Waals surface area contributed by atoms with Gasteiger partial charge >= 0.3 is 0 Å². The molecule has 4 rings (SSSR count). The number of aromatic amines is 1. The average Bonchev–Trinajstić information content (AvgIpc) is 3.24. The van der Waals surface area contributed by atoms with E-state index in [1.807, 2.05) is 18.5 Å².